The van der Waals surface area contributed by atoms with Crippen molar-refractivity contribution in [2.45, 2.75) is 51.5 Å². The first-order valence-electron chi connectivity index (χ1n) is 7.16. The summed E-state index contributed by atoms with van der Waals surface area (Å²) in [7, 11) is 0. The monoisotopic (exact) mass is 293 g/mol. The summed E-state index contributed by atoms with van der Waals surface area (Å²) in [5.74, 6) is -0.430. The van der Waals surface area contributed by atoms with Crippen molar-refractivity contribution in [3.8, 4) is 0 Å². The van der Waals surface area contributed by atoms with E-state index in [0.29, 0.717) is 13.0 Å². The van der Waals surface area contributed by atoms with Crippen LogP contribution < -0.4 is 0 Å². The van der Waals surface area contributed by atoms with Crippen LogP contribution in [0.15, 0.2) is 35.4 Å². The van der Waals surface area contributed by atoms with E-state index < -0.39 is 30.5 Å². The zero-order chi connectivity index (χ0) is 15.2. The largest absolute Gasteiger partial charge is 0.348 e. The van der Waals surface area contributed by atoms with Gasteiger partial charge in [0.05, 0.1) is 18.8 Å². The number of rotatable bonds is 5. The smallest absolute Gasteiger partial charge is 0.167 e. The zero-order valence-electron chi connectivity index (χ0n) is 12.2. The highest BCUT2D eigenvalue weighted by atomic mass is 19.1. The molecule has 2 unspecified atom stereocenters. The average Bonchev–Trinajstić information content (AvgIpc) is 2.52. The Bertz CT molecular complexity index is 493. The quantitative estimate of drug-likeness (QED) is 0.468. The summed E-state index contributed by atoms with van der Waals surface area (Å²) < 4.78 is 25.6. The first kappa shape index (κ1) is 15.8. The lowest BCUT2D eigenvalue weighted by Crippen LogP contribution is -2.51. The molecule has 1 aliphatic heterocycles. The fourth-order valence-corrected chi connectivity index (χ4v) is 2.53. The maximum absolute atomic E-state index is 14.2. The van der Waals surface area contributed by atoms with Crippen molar-refractivity contribution in [3.63, 3.8) is 0 Å². The second-order valence-corrected chi connectivity index (χ2v) is 5.25. The number of ether oxygens (including phenoxy) is 2. The average molecular weight is 293 g/mol. The summed E-state index contributed by atoms with van der Waals surface area (Å²) in [5.41, 5.74) is 9.66. The van der Waals surface area contributed by atoms with E-state index in [4.69, 9.17) is 15.0 Å². The molecule has 0 N–H and O–H groups in total. The molecule has 6 heteroatoms. The van der Waals surface area contributed by atoms with Gasteiger partial charge in [-0.15, -0.1) is 0 Å². The van der Waals surface area contributed by atoms with Crippen LogP contribution in [-0.2, 0) is 16.1 Å². The van der Waals surface area contributed by atoms with Gasteiger partial charge in [-0.05, 0) is 17.5 Å². The van der Waals surface area contributed by atoms with Crippen LogP contribution >= 0.6 is 0 Å². The summed E-state index contributed by atoms with van der Waals surface area (Å²) in [6.45, 7) is 3.93. The van der Waals surface area contributed by atoms with Crippen LogP contribution in [0, 0.1) is 5.92 Å². The van der Waals surface area contributed by atoms with E-state index in [1.807, 2.05) is 37.3 Å². The van der Waals surface area contributed by atoms with Crippen LogP contribution in [0.1, 0.15) is 25.8 Å². The van der Waals surface area contributed by atoms with Crippen molar-refractivity contribution in [1.29, 1.82) is 0 Å². The molecule has 5 nitrogen and oxygen atoms in total. The molecule has 0 bridgehead atoms. The van der Waals surface area contributed by atoms with Crippen molar-refractivity contribution in [2.24, 2.45) is 11.0 Å². The first-order valence-corrected chi connectivity index (χ1v) is 7.16. The molecule has 0 aliphatic carbocycles. The Morgan fingerprint density at radius 2 is 2.10 bits per heavy atom. The molecular weight excluding hydrogens is 273 g/mol. The van der Waals surface area contributed by atoms with Crippen LogP contribution in [0.3, 0.4) is 0 Å². The van der Waals surface area contributed by atoms with Crippen molar-refractivity contribution in [3.05, 3.63) is 46.3 Å². The number of hydrogen-bond acceptors (Lipinski definition) is 3. The minimum atomic E-state index is -1.15. The van der Waals surface area contributed by atoms with E-state index in [9.17, 15) is 4.39 Å². The standard InChI is InChI=1S/C15H20FN3O2/c1-3-12-13(16)10(2)14(18-19-17)15(21-12)20-9-11-7-5-4-6-8-11/h4-8,10,12-15H,3,9H2,1-2H3/t10-,12?,13-,14?,15+/m0/s1. The molecular formula is C15H20FN3O2. The molecule has 0 aromatic heterocycles. The highest BCUT2D eigenvalue weighted by molar-refractivity contribution is 5.13. The van der Waals surface area contributed by atoms with Crippen LogP contribution in [0.5, 0.6) is 0 Å². The zero-order valence-corrected chi connectivity index (χ0v) is 12.2. The molecule has 1 fully saturated rings. The van der Waals surface area contributed by atoms with Gasteiger partial charge in [-0.3, -0.25) is 0 Å². The van der Waals surface area contributed by atoms with Gasteiger partial charge < -0.3 is 9.47 Å². The highest BCUT2D eigenvalue weighted by Gasteiger charge is 2.43. The van der Waals surface area contributed by atoms with Gasteiger partial charge in [-0.25, -0.2) is 4.39 Å². The molecule has 1 saturated heterocycles. The summed E-state index contributed by atoms with van der Waals surface area (Å²) in [4.78, 5) is 2.80. The van der Waals surface area contributed by atoms with Crippen LogP contribution in [0.2, 0.25) is 0 Å². The van der Waals surface area contributed by atoms with Crippen LogP contribution in [0.25, 0.3) is 10.4 Å². The second-order valence-electron chi connectivity index (χ2n) is 5.25. The maximum Gasteiger partial charge on any atom is 0.167 e. The van der Waals surface area contributed by atoms with Crippen molar-refractivity contribution in [2.75, 3.05) is 0 Å². The summed E-state index contributed by atoms with van der Waals surface area (Å²) in [6.07, 6.45) is -1.83. The third kappa shape index (κ3) is 3.73. The van der Waals surface area contributed by atoms with Crippen molar-refractivity contribution >= 4 is 0 Å². The Balaban J connectivity index is 2.08. The Kier molecular flexibility index (Phi) is 5.56. The lowest BCUT2D eigenvalue weighted by Gasteiger charge is -2.40. The number of benzene rings is 1. The van der Waals surface area contributed by atoms with Gasteiger partial charge in [0.1, 0.15) is 6.17 Å². The fraction of sp³-hybridized carbons (Fsp3) is 0.600. The minimum Gasteiger partial charge on any atom is -0.348 e. The number of hydrogen-bond donors (Lipinski definition) is 0. The Morgan fingerprint density at radius 1 is 1.38 bits per heavy atom. The van der Waals surface area contributed by atoms with E-state index in [2.05, 4.69) is 10.0 Å². The van der Waals surface area contributed by atoms with E-state index in [1.54, 1.807) is 6.92 Å². The number of alkyl halides is 1. The molecule has 5 atom stereocenters. The highest BCUT2D eigenvalue weighted by Crippen LogP contribution is 2.32. The van der Waals surface area contributed by atoms with E-state index in [1.165, 1.54) is 0 Å². The van der Waals surface area contributed by atoms with Gasteiger partial charge in [0.25, 0.3) is 0 Å². The number of nitrogens with zero attached hydrogens (tertiary/aromatic N) is 3. The third-order valence-corrected chi connectivity index (χ3v) is 3.83. The molecule has 21 heavy (non-hydrogen) atoms. The van der Waals surface area contributed by atoms with Gasteiger partial charge in [-0.1, -0.05) is 49.3 Å². The van der Waals surface area contributed by atoms with Crippen molar-refractivity contribution < 1.29 is 13.9 Å². The lowest BCUT2D eigenvalue weighted by atomic mass is 9.89. The molecule has 1 aromatic carbocycles. The topological polar surface area (TPSA) is 67.2 Å². The molecule has 1 heterocycles. The van der Waals surface area contributed by atoms with Gasteiger partial charge >= 0.3 is 0 Å². The molecule has 0 radical (unpaired) electrons. The second kappa shape index (κ2) is 7.41. The number of halogens is 1. The predicted octanol–water partition coefficient (Wildman–Crippen LogP) is 3.99. The summed E-state index contributed by atoms with van der Waals surface area (Å²) in [5, 5.41) is 3.67. The molecule has 1 aliphatic rings. The molecule has 2 rings (SSSR count). The van der Waals surface area contributed by atoms with Crippen molar-refractivity contribution in [1.82, 2.24) is 0 Å². The third-order valence-electron chi connectivity index (χ3n) is 3.83. The minimum absolute atomic E-state index is 0.336. The maximum atomic E-state index is 14.2. The summed E-state index contributed by atoms with van der Waals surface area (Å²) in [6, 6.07) is 8.97. The number of azide groups is 1. The molecule has 0 spiro atoms. The van der Waals surface area contributed by atoms with Crippen LogP contribution in [0.4, 0.5) is 4.39 Å². The Labute approximate surface area is 123 Å². The predicted molar refractivity (Wildman–Crippen MR) is 77.2 cm³/mol. The van der Waals surface area contributed by atoms with Gasteiger partial charge in [-0.2, -0.15) is 0 Å². The normalized spacial score (nSPS) is 32.4. The van der Waals surface area contributed by atoms with Gasteiger partial charge in [0.15, 0.2) is 6.29 Å². The Hall–Kier alpha value is -1.62. The van der Waals surface area contributed by atoms with E-state index in [0.717, 1.165) is 5.56 Å². The van der Waals surface area contributed by atoms with Gasteiger partial charge in [0.2, 0.25) is 0 Å². The van der Waals surface area contributed by atoms with Gasteiger partial charge in [0, 0.05) is 10.8 Å². The van der Waals surface area contributed by atoms with E-state index in [-0.39, 0.29) is 0 Å². The molecule has 0 amide bonds. The molecule has 1 aromatic rings. The molecule has 114 valence electrons. The SMILES string of the molecule is CCC1O[C@@H](OCc2ccccc2)C(N=[N+]=[N-])[C@@H](C)[C@@H]1F. The van der Waals surface area contributed by atoms with Crippen LogP contribution in [-0.4, -0.2) is 24.6 Å². The van der Waals surface area contributed by atoms with E-state index >= 15 is 0 Å². The summed E-state index contributed by atoms with van der Waals surface area (Å²) >= 11 is 0. The lowest BCUT2D eigenvalue weighted by molar-refractivity contribution is -0.239. The molecule has 0 saturated carbocycles. The Morgan fingerprint density at radius 3 is 2.71 bits per heavy atom. The fourth-order valence-electron chi connectivity index (χ4n) is 2.53. The first-order chi connectivity index (χ1) is 10.2.